The fraction of sp³-hybridized carbons (Fsp3) is 0.500. The van der Waals surface area contributed by atoms with Crippen LogP contribution >= 0.6 is 0 Å². The molecule has 1 aromatic carbocycles. The molecule has 4 rings (SSSR count). The lowest BCUT2D eigenvalue weighted by molar-refractivity contribution is -0.128. The Labute approximate surface area is 197 Å². The number of piperidine rings is 1. The summed E-state index contributed by atoms with van der Waals surface area (Å²) in [5.41, 5.74) is 3.40. The molecule has 0 radical (unpaired) electrons. The number of hydrogen-bond donors (Lipinski definition) is 2. The van der Waals surface area contributed by atoms with E-state index in [4.69, 9.17) is 4.99 Å². The topological polar surface area (TPSA) is 72.9 Å². The van der Waals surface area contributed by atoms with E-state index < -0.39 is 0 Å². The van der Waals surface area contributed by atoms with Crippen molar-refractivity contribution in [3.05, 3.63) is 59.3 Å². The summed E-state index contributed by atoms with van der Waals surface area (Å²) in [6, 6.07) is 15.1. The summed E-state index contributed by atoms with van der Waals surface area (Å²) in [6.07, 6.45) is 3.77. The monoisotopic (exact) mass is 448 g/mol. The summed E-state index contributed by atoms with van der Waals surface area (Å²) in [5, 5.41) is 7.02. The second kappa shape index (κ2) is 11.2. The molecule has 0 bridgehead atoms. The van der Waals surface area contributed by atoms with E-state index in [-0.39, 0.29) is 5.91 Å². The Balaban J connectivity index is 1.31. The van der Waals surface area contributed by atoms with Crippen molar-refractivity contribution in [1.29, 1.82) is 0 Å². The first kappa shape index (κ1) is 23.1. The maximum absolute atomic E-state index is 11.9. The number of benzene rings is 1. The Bertz CT molecular complexity index is 967. The van der Waals surface area contributed by atoms with E-state index in [1.807, 2.05) is 17.9 Å². The van der Waals surface area contributed by atoms with E-state index in [9.17, 15) is 4.79 Å². The summed E-state index contributed by atoms with van der Waals surface area (Å²) in [6.45, 7) is 9.13. The van der Waals surface area contributed by atoms with Crippen LogP contribution in [0.25, 0.3) is 0 Å². The molecule has 2 aliphatic rings. The molecule has 3 heterocycles. The van der Waals surface area contributed by atoms with E-state index in [1.54, 1.807) is 0 Å². The fourth-order valence-corrected chi connectivity index (χ4v) is 4.56. The first-order valence-corrected chi connectivity index (χ1v) is 12.2. The van der Waals surface area contributed by atoms with Crippen LogP contribution < -0.4 is 15.5 Å². The van der Waals surface area contributed by atoms with Gasteiger partial charge in [0.25, 0.3) is 0 Å². The van der Waals surface area contributed by atoms with Crippen LogP contribution in [-0.2, 0) is 17.9 Å². The van der Waals surface area contributed by atoms with E-state index in [0.717, 1.165) is 68.5 Å². The number of aromatic nitrogens is 1. The highest BCUT2D eigenvalue weighted by Crippen LogP contribution is 2.19. The molecule has 0 aliphatic carbocycles. The number of nitrogens with one attached hydrogen (secondary N) is 2. The fourth-order valence-electron chi connectivity index (χ4n) is 4.56. The minimum absolute atomic E-state index is 0.265. The van der Waals surface area contributed by atoms with E-state index in [2.05, 4.69) is 63.8 Å². The number of nitrogens with zero attached hydrogens (tertiary/aromatic N) is 4. The van der Waals surface area contributed by atoms with Gasteiger partial charge in [-0.15, -0.1) is 0 Å². The van der Waals surface area contributed by atoms with Crippen LogP contribution in [0.15, 0.2) is 47.5 Å². The number of amides is 1. The number of aliphatic imine (C=N–C) groups is 1. The van der Waals surface area contributed by atoms with Crippen molar-refractivity contribution in [2.45, 2.75) is 58.7 Å². The van der Waals surface area contributed by atoms with Gasteiger partial charge in [0.2, 0.25) is 5.91 Å². The molecule has 0 unspecified atom stereocenters. The van der Waals surface area contributed by atoms with Crippen molar-refractivity contribution < 1.29 is 4.79 Å². The Morgan fingerprint density at radius 2 is 1.91 bits per heavy atom. The maximum Gasteiger partial charge on any atom is 0.222 e. The highest BCUT2D eigenvalue weighted by atomic mass is 16.2. The van der Waals surface area contributed by atoms with Gasteiger partial charge < -0.3 is 20.4 Å². The van der Waals surface area contributed by atoms with Crippen molar-refractivity contribution in [1.82, 2.24) is 20.5 Å². The summed E-state index contributed by atoms with van der Waals surface area (Å²) in [4.78, 5) is 25.8. The molecule has 0 saturated carbocycles. The van der Waals surface area contributed by atoms with Crippen LogP contribution in [-0.4, -0.2) is 54.0 Å². The minimum atomic E-state index is 0.265. The summed E-state index contributed by atoms with van der Waals surface area (Å²) in [5.74, 6) is 2.20. The molecule has 2 saturated heterocycles. The molecule has 7 heteroatoms. The van der Waals surface area contributed by atoms with Crippen LogP contribution in [0.2, 0.25) is 0 Å². The van der Waals surface area contributed by atoms with Crippen LogP contribution in [0.4, 0.5) is 5.82 Å². The Morgan fingerprint density at radius 3 is 2.64 bits per heavy atom. The van der Waals surface area contributed by atoms with Gasteiger partial charge in [0, 0.05) is 50.9 Å². The molecular weight excluding hydrogens is 412 g/mol. The number of likely N-dealkylation sites (tertiary alicyclic amines) is 1. The normalized spacial score (nSPS) is 17.5. The number of rotatable bonds is 7. The van der Waals surface area contributed by atoms with Crippen molar-refractivity contribution in [3.63, 3.8) is 0 Å². The summed E-state index contributed by atoms with van der Waals surface area (Å²) in [7, 11) is 0. The number of guanidine groups is 1. The van der Waals surface area contributed by atoms with Crippen LogP contribution in [0, 0.1) is 6.92 Å². The molecule has 0 spiro atoms. The third-order valence-electron chi connectivity index (χ3n) is 6.33. The SMILES string of the molecule is CCNC(=NCc1cccc(CN2CCCC2=O)c1)NC1CCN(c2cccc(C)n2)CC1. The Kier molecular flexibility index (Phi) is 7.81. The molecule has 1 amide bonds. The van der Waals surface area contributed by atoms with E-state index in [0.29, 0.717) is 25.6 Å². The lowest BCUT2D eigenvalue weighted by Crippen LogP contribution is -2.48. The summed E-state index contributed by atoms with van der Waals surface area (Å²) < 4.78 is 0. The third-order valence-corrected chi connectivity index (χ3v) is 6.33. The van der Waals surface area contributed by atoms with Crippen molar-refractivity contribution in [3.8, 4) is 0 Å². The highest BCUT2D eigenvalue weighted by Gasteiger charge is 2.21. The molecule has 7 nitrogen and oxygen atoms in total. The zero-order chi connectivity index (χ0) is 23.0. The second-order valence-electron chi connectivity index (χ2n) is 8.98. The molecule has 2 fully saturated rings. The molecule has 1 aromatic heterocycles. The van der Waals surface area contributed by atoms with Crippen molar-refractivity contribution in [2.24, 2.45) is 4.99 Å². The smallest absolute Gasteiger partial charge is 0.222 e. The Hall–Kier alpha value is -3.09. The number of carbonyl (C=O) groups is 1. The quantitative estimate of drug-likeness (QED) is 0.503. The van der Waals surface area contributed by atoms with Gasteiger partial charge in [-0.1, -0.05) is 30.3 Å². The number of pyridine rings is 1. The van der Waals surface area contributed by atoms with Gasteiger partial charge in [-0.25, -0.2) is 9.98 Å². The number of carbonyl (C=O) groups excluding carboxylic acids is 1. The largest absolute Gasteiger partial charge is 0.357 e. The van der Waals surface area contributed by atoms with Gasteiger partial charge in [-0.2, -0.15) is 0 Å². The Morgan fingerprint density at radius 1 is 1.12 bits per heavy atom. The van der Waals surface area contributed by atoms with Gasteiger partial charge in [0.1, 0.15) is 5.82 Å². The number of anilines is 1. The predicted molar refractivity (Wildman–Crippen MR) is 133 cm³/mol. The number of aryl methyl sites for hydroxylation is 1. The molecule has 0 atom stereocenters. The average Bonchev–Trinajstić information content (AvgIpc) is 3.22. The van der Waals surface area contributed by atoms with Crippen LogP contribution in [0.1, 0.15) is 49.4 Å². The van der Waals surface area contributed by atoms with Crippen molar-refractivity contribution >= 4 is 17.7 Å². The van der Waals surface area contributed by atoms with Crippen LogP contribution in [0.5, 0.6) is 0 Å². The zero-order valence-electron chi connectivity index (χ0n) is 19.9. The lowest BCUT2D eigenvalue weighted by atomic mass is 10.1. The molecule has 2 aliphatic heterocycles. The number of hydrogen-bond acceptors (Lipinski definition) is 4. The molecule has 176 valence electrons. The zero-order valence-corrected chi connectivity index (χ0v) is 19.9. The van der Waals surface area contributed by atoms with Crippen molar-refractivity contribution in [2.75, 3.05) is 31.1 Å². The lowest BCUT2D eigenvalue weighted by Gasteiger charge is -2.34. The molecule has 2 aromatic rings. The second-order valence-corrected chi connectivity index (χ2v) is 8.98. The molecule has 2 N–H and O–H groups in total. The van der Waals surface area contributed by atoms with E-state index in [1.165, 1.54) is 5.56 Å². The summed E-state index contributed by atoms with van der Waals surface area (Å²) >= 11 is 0. The van der Waals surface area contributed by atoms with Gasteiger partial charge in [-0.3, -0.25) is 4.79 Å². The predicted octanol–water partition coefficient (Wildman–Crippen LogP) is 3.24. The molecule has 33 heavy (non-hydrogen) atoms. The van der Waals surface area contributed by atoms with Gasteiger partial charge in [0.15, 0.2) is 5.96 Å². The average molecular weight is 449 g/mol. The standard InChI is InChI=1S/C26H36N6O/c1-3-27-26(30-23-12-15-31(16-13-23)24-10-4-7-20(2)29-24)28-18-21-8-5-9-22(17-21)19-32-14-6-11-25(32)33/h4-5,7-10,17,23H,3,6,11-16,18-19H2,1-2H3,(H2,27,28,30). The highest BCUT2D eigenvalue weighted by molar-refractivity contribution is 5.80. The first-order chi connectivity index (χ1) is 16.1. The maximum atomic E-state index is 11.9. The van der Waals surface area contributed by atoms with Gasteiger partial charge in [0.05, 0.1) is 6.54 Å². The van der Waals surface area contributed by atoms with Crippen LogP contribution in [0.3, 0.4) is 0 Å². The van der Waals surface area contributed by atoms with Gasteiger partial charge in [-0.05, 0) is 56.4 Å². The van der Waals surface area contributed by atoms with E-state index >= 15 is 0 Å². The first-order valence-electron chi connectivity index (χ1n) is 12.2. The van der Waals surface area contributed by atoms with Gasteiger partial charge >= 0.3 is 0 Å². The third kappa shape index (κ3) is 6.46. The minimum Gasteiger partial charge on any atom is -0.357 e. The molecular formula is C26H36N6O.